The molecule has 1 aliphatic carbocycles. The van der Waals surface area contributed by atoms with E-state index in [1.54, 1.807) is 0 Å². The summed E-state index contributed by atoms with van der Waals surface area (Å²) in [5, 5.41) is 0. The predicted octanol–water partition coefficient (Wildman–Crippen LogP) is 0.780. The van der Waals surface area contributed by atoms with Gasteiger partial charge in [-0.15, -0.1) is 0 Å². The minimum absolute atomic E-state index is 0.275. The van der Waals surface area contributed by atoms with Crippen molar-refractivity contribution in [2.24, 2.45) is 0 Å². The van der Waals surface area contributed by atoms with Crippen LogP contribution in [-0.4, -0.2) is 107 Å². The van der Waals surface area contributed by atoms with Gasteiger partial charge < -0.3 is 19.1 Å². The zero-order valence-corrected chi connectivity index (χ0v) is 18.8. The minimum Gasteiger partial charge on any atom is -0.378 e. The van der Waals surface area contributed by atoms with Gasteiger partial charge in [0.25, 0.3) is 0 Å². The maximum Gasteiger partial charge on any atom is 0.236 e. The van der Waals surface area contributed by atoms with Crippen molar-refractivity contribution in [3.05, 3.63) is 18.0 Å². The highest BCUT2D eigenvalue weighted by atomic mass is 16.5. The number of fused-ring (bicyclic) bond motifs is 3. The van der Waals surface area contributed by atoms with Crippen molar-refractivity contribution in [2.75, 3.05) is 70.5 Å². The van der Waals surface area contributed by atoms with Crippen LogP contribution >= 0.6 is 0 Å². The van der Waals surface area contributed by atoms with E-state index >= 15 is 0 Å². The molecule has 0 atom stereocenters. The van der Waals surface area contributed by atoms with E-state index in [2.05, 4.69) is 35.2 Å². The molecule has 6 rings (SSSR count). The van der Waals surface area contributed by atoms with Crippen molar-refractivity contribution >= 4 is 22.9 Å². The molecule has 172 valence electrons. The molecule has 0 aromatic carbocycles. The Bertz CT molecular complexity index is 974. The number of morpholine rings is 1. The summed E-state index contributed by atoms with van der Waals surface area (Å²) in [4.78, 5) is 31.5. The molecule has 5 heterocycles. The summed E-state index contributed by atoms with van der Waals surface area (Å²) < 4.78 is 7.76. The van der Waals surface area contributed by atoms with E-state index in [1.165, 1.54) is 25.0 Å². The molecule has 2 aromatic rings. The van der Waals surface area contributed by atoms with E-state index in [0.717, 1.165) is 95.1 Å². The first kappa shape index (κ1) is 20.4. The van der Waals surface area contributed by atoms with E-state index < -0.39 is 0 Å². The average molecular weight is 440 g/mol. The number of nitrogens with zero attached hydrogens (tertiary/aromatic N) is 7. The molecule has 2 saturated heterocycles. The number of amides is 1. The Kier molecular flexibility index (Phi) is 5.48. The average Bonchev–Trinajstić information content (AvgIpc) is 3.16. The number of carbonyl (C=O) groups is 1. The highest BCUT2D eigenvalue weighted by molar-refractivity contribution is 5.79. The molecular weight excluding hydrogens is 406 g/mol. The van der Waals surface area contributed by atoms with Crippen molar-refractivity contribution in [1.29, 1.82) is 0 Å². The van der Waals surface area contributed by atoms with Crippen LogP contribution in [0.5, 0.6) is 0 Å². The zero-order chi connectivity index (χ0) is 21.5. The third kappa shape index (κ3) is 3.86. The molecule has 1 amide bonds. The second-order valence-electron chi connectivity index (χ2n) is 9.54. The topological polar surface area (TPSA) is 70.0 Å². The molecule has 0 N–H and O–H groups in total. The van der Waals surface area contributed by atoms with Crippen LogP contribution in [0, 0.1) is 0 Å². The molecule has 3 aliphatic heterocycles. The van der Waals surface area contributed by atoms with Crippen LogP contribution in [0.1, 0.15) is 25.0 Å². The monoisotopic (exact) mass is 439 g/mol. The summed E-state index contributed by atoms with van der Waals surface area (Å²) >= 11 is 0. The highest BCUT2D eigenvalue weighted by Crippen LogP contribution is 2.26. The molecule has 9 heteroatoms. The zero-order valence-electron chi connectivity index (χ0n) is 18.8. The van der Waals surface area contributed by atoms with Gasteiger partial charge in [0.15, 0.2) is 0 Å². The molecule has 0 unspecified atom stereocenters. The van der Waals surface area contributed by atoms with Crippen LogP contribution in [0.15, 0.2) is 12.3 Å². The van der Waals surface area contributed by atoms with Gasteiger partial charge in [0, 0.05) is 70.6 Å². The number of hydrogen-bond donors (Lipinski definition) is 0. The van der Waals surface area contributed by atoms with E-state index in [4.69, 9.17) is 9.72 Å². The van der Waals surface area contributed by atoms with Gasteiger partial charge in [-0.2, -0.15) is 0 Å². The Morgan fingerprint density at radius 1 is 1.03 bits per heavy atom. The van der Waals surface area contributed by atoms with Crippen molar-refractivity contribution in [2.45, 2.75) is 38.4 Å². The second-order valence-corrected chi connectivity index (χ2v) is 9.54. The van der Waals surface area contributed by atoms with Gasteiger partial charge in [0.05, 0.1) is 37.0 Å². The molecule has 4 aliphatic rings. The molecular formula is C23H33N7O2. The van der Waals surface area contributed by atoms with E-state index in [9.17, 15) is 4.79 Å². The fourth-order valence-electron chi connectivity index (χ4n) is 5.46. The molecule has 0 bridgehead atoms. The molecule has 9 nitrogen and oxygen atoms in total. The van der Waals surface area contributed by atoms with Crippen LogP contribution in [0.4, 0.5) is 5.95 Å². The van der Waals surface area contributed by atoms with Crippen molar-refractivity contribution in [3.8, 4) is 0 Å². The van der Waals surface area contributed by atoms with Gasteiger partial charge in [-0.3, -0.25) is 14.6 Å². The number of anilines is 1. The Morgan fingerprint density at radius 3 is 2.59 bits per heavy atom. The summed E-state index contributed by atoms with van der Waals surface area (Å²) in [6.07, 6.45) is 6.01. The number of ether oxygens (including phenoxy) is 1. The maximum absolute atomic E-state index is 13.0. The lowest BCUT2D eigenvalue weighted by Gasteiger charge is -2.43. The lowest BCUT2D eigenvalue weighted by molar-refractivity contribution is -0.135. The number of rotatable bonds is 4. The minimum atomic E-state index is 0.275. The van der Waals surface area contributed by atoms with Gasteiger partial charge >= 0.3 is 0 Å². The maximum atomic E-state index is 13.0. The molecule has 0 radical (unpaired) electrons. The van der Waals surface area contributed by atoms with Crippen LogP contribution in [0.2, 0.25) is 0 Å². The fraction of sp³-hybridized carbons (Fsp3) is 0.696. The van der Waals surface area contributed by atoms with E-state index in [1.807, 2.05) is 6.20 Å². The summed E-state index contributed by atoms with van der Waals surface area (Å²) in [5.74, 6) is 1.06. The predicted molar refractivity (Wildman–Crippen MR) is 122 cm³/mol. The first-order valence-corrected chi connectivity index (χ1v) is 12.2. The Labute approximate surface area is 188 Å². The van der Waals surface area contributed by atoms with E-state index in [-0.39, 0.29) is 5.91 Å². The number of aromatic nitrogens is 3. The number of hydrogen-bond acceptors (Lipinski definition) is 7. The van der Waals surface area contributed by atoms with Crippen LogP contribution in [-0.2, 0) is 22.6 Å². The normalized spacial score (nSPS) is 23.4. The lowest BCUT2D eigenvalue weighted by atomic mass is 9.91. The summed E-state index contributed by atoms with van der Waals surface area (Å²) in [5.41, 5.74) is 3.31. The largest absolute Gasteiger partial charge is 0.378 e. The Morgan fingerprint density at radius 2 is 1.84 bits per heavy atom. The molecule has 32 heavy (non-hydrogen) atoms. The van der Waals surface area contributed by atoms with Gasteiger partial charge in [0.2, 0.25) is 11.9 Å². The Balaban J connectivity index is 1.09. The first-order valence-electron chi connectivity index (χ1n) is 12.2. The molecule has 3 fully saturated rings. The Hall–Kier alpha value is -2.23. The van der Waals surface area contributed by atoms with Crippen molar-refractivity contribution in [1.82, 2.24) is 29.2 Å². The molecule has 1 saturated carbocycles. The summed E-state index contributed by atoms with van der Waals surface area (Å²) in [6, 6.07) is 2.96. The standard InChI is InChI=1S/C23H33N7O2/c31-22(28-7-5-27(6-8-28)18-2-1-3-18)17-26-4-9-30-19(16-26)14-20-21(30)15-24-23(25-20)29-10-12-32-13-11-29/h14-15,18H,1-13,16-17H2. The quantitative estimate of drug-likeness (QED) is 0.697. The highest BCUT2D eigenvalue weighted by Gasteiger charge is 2.30. The van der Waals surface area contributed by atoms with E-state index in [0.29, 0.717) is 6.54 Å². The first-order chi connectivity index (χ1) is 15.7. The number of piperazine rings is 1. The smallest absolute Gasteiger partial charge is 0.236 e. The molecule has 0 spiro atoms. The van der Waals surface area contributed by atoms with Crippen molar-refractivity contribution < 1.29 is 9.53 Å². The van der Waals surface area contributed by atoms with Gasteiger partial charge in [-0.05, 0) is 18.9 Å². The third-order valence-corrected chi connectivity index (χ3v) is 7.66. The number of carbonyl (C=O) groups excluding carboxylic acids is 1. The van der Waals surface area contributed by atoms with Crippen LogP contribution < -0.4 is 4.90 Å². The molecule has 2 aromatic heterocycles. The van der Waals surface area contributed by atoms with Crippen molar-refractivity contribution in [3.63, 3.8) is 0 Å². The van der Waals surface area contributed by atoms with Gasteiger partial charge in [-0.1, -0.05) is 6.42 Å². The van der Waals surface area contributed by atoms with Crippen LogP contribution in [0.3, 0.4) is 0 Å². The lowest BCUT2D eigenvalue weighted by Crippen LogP contribution is -2.55. The third-order valence-electron chi connectivity index (χ3n) is 7.66. The van der Waals surface area contributed by atoms with Crippen LogP contribution in [0.25, 0.3) is 11.0 Å². The summed E-state index contributed by atoms with van der Waals surface area (Å²) in [6.45, 7) is 10.0. The fourth-order valence-corrected chi connectivity index (χ4v) is 5.46. The second kappa shape index (κ2) is 8.61. The van der Waals surface area contributed by atoms with Gasteiger partial charge in [0.1, 0.15) is 0 Å². The van der Waals surface area contributed by atoms with Gasteiger partial charge in [-0.25, -0.2) is 9.97 Å². The SMILES string of the molecule is O=C(CN1CCn2c(cc3nc(N4CCOCC4)ncc32)C1)N1CCN(C2CCC2)CC1. The summed E-state index contributed by atoms with van der Waals surface area (Å²) in [7, 11) is 0.